The second-order valence-corrected chi connectivity index (χ2v) is 7.82. The molecule has 0 saturated heterocycles. The van der Waals surface area contributed by atoms with Gasteiger partial charge in [-0.1, -0.05) is 12.1 Å². The summed E-state index contributed by atoms with van der Waals surface area (Å²) in [7, 11) is 0. The molecule has 0 saturated carbocycles. The van der Waals surface area contributed by atoms with Crippen molar-refractivity contribution in [1.29, 1.82) is 0 Å². The van der Waals surface area contributed by atoms with Crippen LogP contribution in [0.5, 0.6) is 5.75 Å². The van der Waals surface area contributed by atoms with Gasteiger partial charge in [-0.25, -0.2) is 4.79 Å². The summed E-state index contributed by atoms with van der Waals surface area (Å²) in [6, 6.07) is 21.4. The number of carbonyl (C=O) groups is 3. The number of anilines is 3. The van der Waals surface area contributed by atoms with E-state index in [2.05, 4.69) is 10.6 Å². The van der Waals surface area contributed by atoms with E-state index in [0.717, 1.165) is 5.39 Å². The fraction of sp³-hybridized carbons (Fsp3) is 0.0769. The zero-order chi connectivity index (χ0) is 24.4. The Labute approximate surface area is 198 Å². The molecule has 5 rings (SSSR count). The maximum Gasteiger partial charge on any atom is 0.336 e. The van der Waals surface area contributed by atoms with Crippen molar-refractivity contribution in [2.24, 2.45) is 0 Å². The number of hydrogen-bond donors (Lipinski definition) is 2. The van der Waals surface area contributed by atoms with Crippen molar-refractivity contribution in [3.63, 3.8) is 0 Å². The zero-order valence-corrected chi connectivity index (χ0v) is 18.3. The third-order valence-electron chi connectivity index (χ3n) is 5.40. The SMILES string of the molecule is O=C(COc1ccc2ccc(=O)oc2c1)Nc1ccc(C(=O)N2CC(=O)Nc3ccccc32)cc1. The summed E-state index contributed by atoms with van der Waals surface area (Å²) in [5.41, 5.74) is 1.96. The number of benzene rings is 3. The first-order valence-corrected chi connectivity index (χ1v) is 10.7. The predicted octanol–water partition coefficient (Wildman–Crippen LogP) is 3.41. The van der Waals surface area contributed by atoms with Gasteiger partial charge in [0.05, 0.1) is 11.4 Å². The van der Waals surface area contributed by atoms with Crippen LogP contribution in [0.25, 0.3) is 11.0 Å². The van der Waals surface area contributed by atoms with Crippen LogP contribution in [0.1, 0.15) is 10.4 Å². The maximum atomic E-state index is 13.0. The molecule has 0 spiro atoms. The van der Waals surface area contributed by atoms with E-state index in [4.69, 9.17) is 9.15 Å². The minimum atomic E-state index is -0.470. The fourth-order valence-corrected chi connectivity index (χ4v) is 3.74. The average Bonchev–Trinajstić information content (AvgIpc) is 2.86. The lowest BCUT2D eigenvalue weighted by molar-refractivity contribution is -0.118. The molecule has 2 heterocycles. The molecular weight excluding hydrogens is 450 g/mol. The second-order valence-electron chi connectivity index (χ2n) is 7.82. The number of para-hydroxylation sites is 2. The molecule has 0 fully saturated rings. The quantitative estimate of drug-likeness (QED) is 0.433. The first-order valence-electron chi connectivity index (χ1n) is 10.7. The summed E-state index contributed by atoms with van der Waals surface area (Å²) in [6.07, 6.45) is 0. The maximum absolute atomic E-state index is 13.0. The van der Waals surface area contributed by atoms with E-state index < -0.39 is 11.5 Å². The lowest BCUT2D eigenvalue weighted by Crippen LogP contribution is -2.42. The molecule has 0 radical (unpaired) electrons. The van der Waals surface area contributed by atoms with Crippen molar-refractivity contribution in [2.75, 3.05) is 28.7 Å². The summed E-state index contributed by atoms with van der Waals surface area (Å²) in [6.45, 7) is -0.340. The van der Waals surface area contributed by atoms with Crippen LogP contribution in [-0.2, 0) is 9.59 Å². The Morgan fingerprint density at radius 2 is 1.74 bits per heavy atom. The number of rotatable bonds is 5. The molecule has 1 aliphatic heterocycles. The Bertz CT molecular complexity index is 1510. The summed E-state index contributed by atoms with van der Waals surface area (Å²) < 4.78 is 10.6. The zero-order valence-electron chi connectivity index (χ0n) is 18.3. The molecule has 1 aromatic heterocycles. The first kappa shape index (κ1) is 21.9. The van der Waals surface area contributed by atoms with Gasteiger partial charge >= 0.3 is 5.63 Å². The van der Waals surface area contributed by atoms with E-state index in [1.54, 1.807) is 72.8 Å². The van der Waals surface area contributed by atoms with Gasteiger partial charge in [-0.3, -0.25) is 19.3 Å². The molecular formula is C26H19N3O6. The standard InChI is InChI=1S/C26H19N3O6/c30-23-14-29(21-4-2-1-3-20(21)28-23)26(33)17-5-9-18(10-6-17)27-24(31)15-34-19-11-7-16-8-12-25(32)35-22(16)13-19/h1-13H,14-15H2,(H,27,31)(H,28,30). The van der Waals surface area contributed by atoms with Gasteiger partial charge in [0.25, 0.3) is 11.8 Å². The van der Waals surface area contributed by atoms with E-state index in [9.17, 15) is 19.2 Å². The average molecular weight is 469 g/mol. The molecule has 0 aliphatic carbocycles. The van der Waals surface area contributed by atoms with Gasteiger partial charge in [-0.2, -0.15) is 0 Å². The van der Waals surface area contributed by atoms with Gasteiger partial charge in [0.1, 0.15) is 17.9 Å². The van der Waals surface area contributed by atoms with Crippen molar-refractivity contribution in [3.05, 3.63) is 94.8 Å². The molecule has 0 bridgehead atoms. The Kier molecular flexibility index (Phi) is 5.72. The van der Waals surface area contributed by atoms with Gasteiger partial charge in [0.15, 0.2) is 6.61 Å². The molecule has 2 N–H and O–H groups in total. The number of nitrogens with zero attached hydrogens (tertiary/aromatic N) is 1. The Hall–Kier alpha value is -4.92. The topological polar surface area (TPSA) is 118 Å². The van der Waals surface area contributed by atoms with E-state index in [1.807, 2.05) is 0 Å². The fourth-order valence-electron chi connectivity index (χ4n) is 3.74. The van der Waals surface area contributed by atoms with Crippen LogP contribution in [-0.4, -0.2) is 30.9 Å². The highest BCUT2D eigenvalue weighted by Crippen LogP contribution is 2.30. The van der Waals surface area contributed by atoms with Crippen LogP contribution >= 0.6 is 0 Å². The molecule has 1 aliphatic rings. The molecule has 0 atom stereocenters. The number of nitrogens with one attached hydrogen (secondary N) is 2. The smallest absolute Gasteiger partial charge is 0.336 e. The highest BCUT2D eigenvalue weighted by Gasteiger charge is 2.27. The number of hydrogen-bond acceptors (Lipinski definition) is 6. The number of amides is 3. The van der Waals surface area contributed by atoms with E-state index in [1.165, 1.54) is 11.0 Å². The van der Waals surface area contributed by atoms with Gasteiger partial charge in [0.2, 0.25) is 5.91 Å². The summed E-state index contributed by atoms with van der Waals surface area (Å²) in [4.78, 5) is 50.1. The van der Waals surface area contributed by atoms with E-state index in [-0.39, 0.29) is 25.0 Å². The lowest BCUT2D eigenvalue weighted by atomic mass is 10.1. The minimum Gasteiger partial charge on any atom is -0.484 e. The van der Waals surface area contributed by atoms with Gasteiger partial charge in [0, 0.05) is 28.8 Å². The van der Waals surface area contributed by atoms with Crippen molar-refractivity contribution in [2.45, 2.75) is 0 Å². The third kappa shape index (κ3) is 4.74. The van der Waals surface area contributed by atoms with E-state index in [0.29, 0.717) is 34.0 Å². The summed E-state index contributed by atoms with van der Waals surface area (Å²) >= 11 is 0. The lowest BCUT2D eigenvalue weighted by Gasteiger charge is -2.29. The summed E-state index contributed by atoms with van der Waals surface area (Å²) in [5, 5.41) is 6.19. The second kappa shape index (κ2) is 9.14. The third-order valence-corrected chi connectivity index (χ3v) is 5.40. The Morgan fingerprint density at radius 3 is 2.57 bits per heavy atom. The first-order chi connectivity index (χ1) is 17.0. The van der Waals surface area contributed by atoms with Crippen molar-refractivity contribution in [3.8, 4) is 5.75 Å². The van der Waals surface area contributed by atoms with Crippen molar-refractivity contribution >= 4 is 45.8 Å². The molecule has 3 aromatic carbocycles. The van der Waals surface area contributed by atoms with Crippen LogP contribution in [0.2, 0.25) is 0 Å². The van der Waals surface area contributed by atoms with Gasteiger partial charge < -0.3 is 19.8 Å². The largest absolute Gasteiger partial charge is 0.484 e. The van der Waals surface area contributed by atoms with Crippen molar-refractivity contribution < 1.29 is 23.5 Å². The van der Waals surface area contributed by atoms with E-state index >= 15 is 0 Å². The predicted molar refractivity (Wildman–Crippen MR) is 130 cm³/mol. The molecule has 0 unspecified atom stereocenters. The monoisotopic (exact) mass is 469 g/mol. The molecule has 35 heavy (non-hydrogen) atoms. The molecule has 3 amide bonds. The van der Waals surface area contributed by atoms with Gasteiger partial charge in [-0.05, 0) is 54.6 Å². The molecule has 9 heteroatoms. The molecule has 174 valence electrons. The molecule has 9 nitrogen and oxygen atoms in total. The minimum absolute atomic E-state index is 0.0795. The van der Waals surface area contributed by atoms with Crippen LogP contribution in [0.3, 0.4) is 0 Å². The van der Waals surface area contributed by atoms with Crippen LogP contribution in [0, 0.1) is 0 Å². The van der Waals surface area contributed by atoms with Crippen LogP contribution in [0.15, 0.2) is 88.1 Å². The van der Waals surface area contributed by atoms with Crippen molar-refractivity contribution in [1.82, 2.24) is 0 Å². The number of ether oxygens (including phenoxy) is 1. The highest BCUT2D eigenvalue weighted by molar-refractivity contribution is 6.15. The van der Waals surface area contributed by atoms with Crippen LogP contribution < -0.4 is 25.9 Å². The highest BCUT2D eigenvalue weighted by atomic mass is 16.5. The number of fused-ring (bicyclic) bond motifs is 2. The number of carbonyl (C=O) groups excluding carboxylic acids is 3. The Balaban J connectivity index is 1.22. The van der Waals surface area contributed by atoms with Gasteiger partial charge in [-0.15, -0.1) is 0 Å². The summed E-state index contributed by atoms with van der Waals surface area (Å²) in [5.74, 6) is -0.611. The molecule has 4 aromatic rings. The Morgan fingerprint density at radius 1 is 0.971 bits per heavy atom. The van der Waals surface area contributed by atoms with Crippen LogP contribution in [0.4, 0.5) is 17.1 Å². The normalized spacial score (nSPS) is 12.6.